The lowest BCUT2D eigenvalue weighted by atomic mass is 10.1. The smallest absolute Gasteiger partial charge is 0.258 e. The van der Waals surface area contributed by atoms with Gasteiger partial charge in [0.15, 0.2) is 11.6 Å². The molecule has 1 N–H and O–H groups in total. The van der Waals surface area contributed by atoms with E-state index in [2.05, 4.69) is 5.32 Å². The Balaban J connectivity index is 2.22. The van der Waals surface area contributed by atoms with E-state index in [4.69, 9.17) is 4.74 Å². The first kappa shape index (κ1) is 15.0. The van der Waals surface area contributed by atoms with Gasteiger partial charge in [-0.1, -0.05) is 6.07 Å². The minimum Gasteiger partial charge on any atom is -0.494 e. The van der Waals surface area contributed by atoms with Crippen molar-refractivity contribution in [2.75, 3.05) is 11.9 Å². The molecule has 0 radical (unpaired) electrons. The number of nitrogens with one attached hydrogen (secondary N) is 1. The number of amides is 1. The number of carbonyl (C=O) groups is 1. The van der Waals surface area contributed by atoms with E-state index in [9.17, 15) is 13.6 Å². The minimum absolute atomic E-state index is 0.330. The lowest BCUT2D eigenvalue weighted by Crippen LogP contribution is -2.15. The van der Waals surface area contributed by atoms with Gasteiger partial charge in [0.05, 0.1) is 12.2 Å². The molecule has 0 aromatic heterocycles. The second kappa shape index (κ2) is 6.35. The average molecular weight is 291 g/mol. The summed E-state index contributed by atoms with van der Waals surface area (Å²) in [6, 6.07) is 8.62. The van der Waals surface area contributed by atoms with Gasteiger partial charge in [0, 0.05) is 5.69 Å². The van der Waals surface area contributed by atoms with Crippen LogP contribution in [0.5, 0.6) is 5.75 Å². The molecule has 0 atom stereocenters. The number of halogens is 2. The van der Waals surface area contributed by atoms with Crippen LogP contribution >= 0.6 is 0 Å². The van der Waals surface area contributed by atoms with Gasteiger partial charge in [0.2, 0.25) is 0 Å². The molecule has 5 heteroatoms. The summed E-state index contributed by atoms with van der Waals surface area (Å²) >= 11 is 0. The van der Waals surface area contributed by atoms with E-state index >= 15 is 0 Å². The SMILES string of the molecule is CCOc1ccc(NC(=O)c2cccc(F)c2F)c(C)c1. The number of hydrogen-bond acceptors (Lipinski definition) is 2. The first-order chi connectivity index (χ1) is 10.0. The second-order valence-corrected chi connectivity index (χ2v) is 4.47. The Kier molecular flexibility index (Phi) is 4.52. The van der Waals surface area contributed by atoms with E-state index in [1.807, 2.05) is 6.92 Å². The van der Waals surface area contributed by atoms with Crippen LogP contribution in [0, 0.1) is 18.6 Å². The number of aryl methyl sites for hydroxylation is 1. The molecule has 0 aliphatic carbocycles. The summed E-state index contributed by atoms with van der Waals surface area (Å²) in [6.07, 6.45) is 0. The lowest BCUT2D eigenvalue weighted by molar-refractivity contribution is 0.102. The van der Waals surface area contributed by atoms with Crippen LogP contribution in [0.3, 0.4) is 0 Å². The van der Waals surface area contributed by atoms with E-state index in [0.29, 0.717) is 18.0 Å². The van der Waals surface area contributed by atoms with Crippen LogP contribution in [0.1, 0.15) is 22.8 Å². The van der Waals surface area contributed by atoms with Crippen molar-refractivity contribution < 1.29 is 18.3 Å². The highest BCUT2D eigenvalue weighted by Crippen LogP contribution is 2.22. The average Bonchev–Trinajstić information content (AvgIpc) is 2.45. The maximum atomic E-state index is 13.6. The van der Waals surface area contributed by atoms with Gasteiger partial charge in [0.25, 0.3) is 5.91 Å². The van der Waals surface area contributed by atoms with Gasteiger partial charge in [-0.15, -0.1) is 0 Å². The molecule has 2 rings (SSSR count). The van der Waals surface area contributed by atoms with Crippen LogP contribution in [0.4, 0.5) is 14.5 Å². The second-order valence-electron chi connectivity index (χ2n) is 4.47. The van der Waals surface area contributed by atoms with Crippen LogP contribution < -0.4 is 10.1 Å². The summed E-state index contributed by atoms with van der Waals surface area (Å²) in [7, 11) is 0. The number of hydrogen-bond donors (Lipinski definition) is 1. The molecule has 110 valence electrons. The van der Waals surface area contributed by atoms with Crippen molar-refractivity contribution >= 4 is 11.6 Å². The zero-order valence-corrected chi connectivity index (χ0v) is 11.7. The van der Waals surface area contributed by atoms with Crippen molar-refractivity contribution in [2.24, 2.45) is 0 Å². The summed E-state index contributed by atoms with van der Waals surface area (Å²) < 4.78 is 32.0. The molecule has 0 saturated carbocycles. The summed E-state index contributed by atoms with van der Waals surface area (Å²) in [6.45, 7) is 4.21. The van der Waals surface area contributed by atoms with Crippen molar-refractivity contribution in [3.63, 3.8) is 0 Å². The molecule has 2 aromatic carbocycles. The third-order valence-electron chi connectivity index (χ3n) is 2.95. The van der Waals surface area contributed by atoms with Crippen LogP contribution in [0.15, 0.2) is 36.4 Å². The van der Waals surface area contributed by atoms with E-state index in [-0.39, 0.29) is 5.56 Å². The highest BCUT2D eigenvalue weighted by Gasteiger charge is 2.15. The third-order valence-corrected chi connectivity index (χ3v) is 2.95. The van der Waals surface area contributed by atoms with Gasteiger partial charge in [-0.3, -0.25) is 4.79 Å². The highest BCUT2D eigenvalue weighted by atomic mass is 19.2. The van der Waals surface area contributed by atoms with Gasteiger partial charge >= 0.3 is 0 Å². The number of benzene rings is 2. The predicted octanol–water partition coefficient (Wildman–Crippen LogP) is 3.92. The number of ether oxygens (including phenoxy) is 1. The van der Waals surface area contributed by atoms with Crippen LogP contribution in [0.25, 0.3) is 0 Å². The number of rotatable bonds is 4. The Morgan fingerprint density at radius 3 is 2.67 bits per heavy atom. The Bertz CT molecular complexity index is 671. The topological polar surface area (TPSA) is 38.3 Å². The van der Waals surface area contributed by atoms with Crippen molar-refractivity contribution in [1.29, 1.82) is 0 Å². The normalized spacial score (nSPS) is 10.3. The third kappa shape index (κ3) is 3.37. The Morgan fingerprint density at radius 2 is 2.00 bits per heavy atom. The Hall–Kier alpha value is -2.43. The molecule has 0 heterocycles. The van der Waals surface area contributed by atoms with Crippen LogP contribution in [-0.2, 0) is 0 Å². The van der Waals surface area contributed by atoms with Crippen molar-refractivity contribution in [1.82, 2.24) is 0 Å². The quantitative estimate of drug-likeness (QED) is 0.927. The summed E-state index contributed by atoms with van der Waals surface area (Å²) in [5.74, 6) is -2.21. The van der Waals surface area contributed by atoms with Gasteiger partial charge in [-0.05, 0) is 49.7 Å². The largest absolute Gasteiger partial charge is 0.494 e. The van der Waals surface area contributed by atoms with Crippen molar-refractivity contribution in [2.45, 2.75) is 13.8 Å². The van der Waals surface area contributed by atoms with Gasteiger partial charge in [0.1, 0.15) is 5.75 Å². The lowest BCUT2D eigenvalue weighted by Gasteiger charge is -2.11. The van der Waals surface area contributed by atoms with Gasteiger partial charge < -0.3 is 10.1 Å². The Labute approximate surface area is 121 Å². The highest BCUT2D eigenvalue weighted by molar-refractivity contribution is 6.04. The standard InChI is InChI=1S/C16H15F2NO2/c1-3-21-11-7-8-14(10(2)9-11)19-16(20)12-5-4-6-13(17)15(12)18/h4-9H,3H2,1-2H3,(H,19,20). The van der Waals surface area contributed by atoms with E-state index in [1.54, 1.807) is 25.1 Å². The van der Waals surface area contributed by atoms with Crippen LogP contribution in [0.2, 0.25) is 0 Å². The van der Waals surface area contributed by atoms with E-state index < -0.39 is 17.5 Å². The molecule has 0 aliphatic rings. The zero-order chi connectivity index (χ0) is 15.4. The summed E-state index contributed by atoms with van der Waals surface area (Å²) in [5.41, 5.74) is 0.960. The first-order valence-corrected chi connectivity index (χ1v) is 6.51. The molecule has 2 aromatic rings. The molecular formula is C16H15F2NO2. The zero-order valence-electron chi connectivity index (χ0n) is 11.7. The van der Waals surface area contributed by atoms with Crippen molar-refractivity contribution in [3.05, 3.63) is 59.2 Å². The molecule has 0 spiro atoms. The number of anilines is 1. The molecule has 0 saturated heterocycles. The fourth-order valence-electron chi connectivity index (χ4n) is 1.90. The fourth-order valence-corrected chi connectivity index (χ4v) is 1.90. The minimum atomic E-state index is -1.15. The maximum Gasteiger partial charge on any atom is 0.258 e. The predicted molar refractivity (Wildman–Crippen MR) is 76.7 cm³/mol. The molecule has 0 fully saturated rings. The van der Waals surface area contributed by atoms with Crippen molar-refractivity contribution in [3.8, 4) is 5.75 Å². The molecular weight excluding hydrogens is 276 g/mol. The fraction of sp³-hybridized carbons (Fsp3) is 0.188. The maximum absolute atomic E-state index is 13.6. The summed E-state index contributed by atoms with van der Waals surface area (Å²) in [4.78, 5) is 12.0. The Morgan fingerprint density at radius 1 is 1.24 bits per heavy atom. The first-order valence-electron chi connectivity index (χ1n) is 6.51. The van der Waals surface area contributed by atoms with Gasteiger partial charge in [-0.25, -0.2) is 8.78 Å². The molecule has 0 bridgehead atoms. The molecule has 1 amide bonds. The molecule has 0 unspecified atom stereocenters. The molecule has 0 aliphatic heterocycles. The number of carbonyl (C=O) groups excluding carboxylic acids is 1. The van der Waals surface area contributed by atoms with Crippen LogP contribution in [-0.4, -0.2) is 12.5 Å². The molecule has 3 nitrogen and oxygen atoms in total. The molecule has 21 heavy (non-hydrogen) atoms. The summed E-state index contributed by atoms with van der Waals surface area (Å²) in [5, 5.41) is 2.56. The monoisotopic (exact) mass is 291 g/mol. The van der Waals surface area contributed by atoms with E-state index in [0.717, 1.165) is 11.6 Å². The van der Waals surface area contributed by atoms with E-state index in [1.165, 1.54) is 12.1 Å². The van der Waals surface area contributed by atoms with Gasteiger partial charge in [-0.2, -0.15) is 0 Å².